The van der Waals surface area contributed by atoms with E-state index < -0.39 is 0 Å². The molecule has 2 heteroatoms. The first-order valence-electron chi connectivity index (χ1n) is 5.43. The fourth-order valence-corrected chi connectivity index (χ4v) is 2.42. The number of hydrogen-bond acceptors (Lipinski definition) is 2. The maximum absolute atomic E-state index is 4.61. The lowest BCUT2D eigenvalue weighted by Crippen LogP contribution is -1.78. The smallest absolute Gasteiger partial charge is 0.124 e. The largest absolute Gasteiger partial charge is 0.235 e. The van der Waals surface area contributed by atoms with Crippen molar-refractivity contribution < 1.29 is 0 Å². The molecule has 3 aromatic rings. The first-order chi connectivity index (χ1) is 8.43. The van der Waals surface area contributed by atoms with Gasteiger partial charge in [-0.05, 0) is 0 Å². The maximum atomic E-state index is 4.61. The summed E-state index contributed by atoms with van der Waals surface area (Å²) in [6, 6.07) is 20.4. The highest BCUT2D eigenvalue weighted by molar-refractivity contribution is 7.13. The fraction of sp³-hybridized carbons (Fsp3) is 0. The summed E-state index contributed by atoms with van der Waals surface area (Å²) in [6.07, 6.45) is 0. The molecule has 1 nitrogen and oxygen atoms in total. The molecule has 0 saturated heterocycles. The molecule has 17 heavy (non-hydrogen) atoms. The van der Waals surface area contributed by atoms with Gasteiger partial charge < -0.3 is 0 Å². The third-order valence-electron chi connectivity index (χ3n) is 2.53. The van der Waals surface area contributed by atoms with E-state index in [1.165, 1.54) is 0 Å². The fourth-order valence-electron chi connectivity index (χ4n) is 1.67. The van der Waals surface area contributed by atoms with E-state index in [0.29, 0.717) is 0 Å². The van der Waals surface area contributed by atoms with E-state index in [-0.39, 0.29) is 0 Å². The van der Waals surface area contributed by atoms with Gasteiger partial charge in [0.25, 0.3) is 0 Å². The van der Waals surface area contributed by atoms with Crippen LogP contribution in [0, 0.1) is 5.38 Å². The lowest BCUT2D eigenvalue weighted by molar-refractivity contribution is 1.40. The maximum Gasteiger partial charge on any atom is 0.124 e. The molecule has 1 radical (unpaired) electrons. The minimum absolute atomic E-state index is 0.925. The Labute approximate surface area is 104 Å². The van der Waals surface area contributed by atoms with Gasteiger partial charge in [-0.2, -0.15) is 0 Å². The highest BCUT2D eigenvalue weighted by Crippen LogP contribution is 2.27. The summed E-state index contributed by atoms with van der Waals surface area (Å²) in [5.41, 5.74) is 3.19. The number of thiazole rings is 1. The van der Waals surface area contributed by atoms with Crippen molar-refractivity contribution in [1.29, 1.82) is 0 Å². The average molecular weight is 236 g/mol. The molecule has 1 heterocycles. The average Bonchev–Trinajstić information content (AvgIpc) is 2.90. The first kappa shape index (κ1) is 10.2. The summed E-state index contributed by atoms with van der Waals surface area (Å²) >= 11 is 1.56. The Morgan fingerprint density at radius 3 is 2.00 bits per heavy atom. The molecule has 0 saturated carbocycles. The van der Waals surface area contributed by atoms with E-state index in [9.17, 15) is 0 Å². The van der Waals surface area contributed by atoms with E-state index in [2.05, 4.69) is 34.6 Å². The molecule has 1 aromatic heterocycles. The third-order valence-corrected chi connectivity index (χ3v) is 3.34. The van der Waals surface area contributed by atoms with Crippen LogP contribution >= 0.6 is 11.3 Å². The Balaban J connectivity index is 1.99. The van der Waals surface area contributed by atoms with Crippen molar-refractivity contribution in [3.63, 3.8) is 0 Å². The van der Waals surface area contributed by atoms with Gasteiger partial charge in [0.1, 0.15) is 5.01 Å². The molecule has 0 atom stereocenters. The molecule has 81 valence electrons. The van der Waals surface area contributed by atoms with Gasteiger partial charge in [-0.3, -0.25) is 0 Å². The lowest BCUT2D eigenvalue weighted by Gasteiger charge is -1.95. The zero-order chi connectivity index (χ0) is 11.5. The SMILES string of the molecule is [c]1sc(-c2ccccc2)nc1-c1ccccc1. The molecular formula is C15H10NS. The number of benzene rings is 2. The van der Waals surface area contributed by atoms with E-state index in [1.807, 2.05) is 36.4 Å². The van der Waals surface area contributed by atoms with Crippen LogP contribution in [-0.2, 0) is 0 Å². The standard InChI is InChI=1S/C15H10NS/c1-3-7-12(8-4-1)14-11-17-15(16-14)13-9-5-2-6-10-13/h1-10H. The normalized spacial score (nSPS) is 10.4. The van der Waals surface area contributed by atoms with Crippen LogP contribution in [-0.4, -0.2) is 4.98 Å². The summed E-state index contributed by atoms with van der Waals surface area (Å²) in [7, 11) is 0. The molecule has 0 N–H and O–H groups in total. The van der Waals surface area contributed by atoms with Crippen LogP contribution in [0.3, 0.4) is 0 Å². The highest BCUT2D eigenvalue weighted by Gasteiger charge is 2.05. The van der Waals surface area contributed by atoms with Crippen molar-refractivity contribution in [3.05, 3.63) is 66.0 Å². The minimum Gasteiger partial charge on any atom is -0.235 e. The van der Waals surface area contributed by atoms with Crippen molar-refractivity contribution in [2.75, 3.05) is 0 Å². The summed E-state index contributed by atoms with van der Waals surface area (Å²) < 4.78 is 0. The number of aromatic nitrogens is 1. The zero-order valence-corrected chi connectivity index (χ0v) is 9.95. The predicted octanol–water partition coefficient (Wildman–Crippen LogP) is 4.28. The molecule has 0 spiro atoms. The van der Waals surface area contributed by atoms with Gasteiger partial charge in [0, 0.05) is 11.1 Å². The molecule has 0 aliphatic heterocycles. The molecule has 0 amide bonds. The van der Waals surface area contributed by atoms with Gasteiger partial charge in [-0.15, -0.1) is 11.3 Å². The van der Waals surface area contributed by atoms with Crippen molar-refractivity contribution in [2.24, 2.45) is 0 Å². The Bertz CT molecular complexity index is 545. The molecule has 0 bridgehead atoms. The molecule has 2 aromatic carbocycles. The van der Waals surface area contributed by atoms with Crippen molar-refractivity contribution in [2.45, 2.75) is 0 Å². The second-order valence-electron chi connectivity index (χ2n) is 3.70. The lowest BCUT2D eigenvalue weighted by atomic mass is 10.2. The van der Waals surface area contributed by atoms with Gasteiger partial charge in [0.2, 0.25) is 0 Å². The highest BCUT2D eigenvalue weighted by atomic mass is 32.1. The van der Waals surface area contributed by atoms with Gasteiger partial charge in [0.05, 0.1) is 11.1 Å². The van der Waals surface area contributed by atoms with Crippen LogP contribution in [0.2, 0.25) is 0 Å². The monoisotopic (exact) mass is 236 g/mol. The minimum atomic E-state index is 0.925. The van der Waals surface area contributed by atoms with E-state index in [4.69, 9.17) is 0 Å². The van der Waals surface area contributed by atoms with E-state index in [0.717, 1.165) is 21.8 Å². The second kappa shape index (κ2) is 4.52. The zero-order valence-electron chi connectivity index (χ0n) is 9.13. The molecule has 3 rings (SSSR count). The Kier molecular flexibility index (Phi) is 2.72. The summed E-state index contributed by atoms with van der Waals surface area (Å²) in [4.78, 5) is 4.61. The summed E-state index contributed by atoms with van der Waals surface area (Å²) in [5.74, 6) is 0. The van der Waals surface area contributed by atoms with Gasteiger partial charge in [0.15, 0.2) is 0 Å². The van der Waals surface area contributed by atoms with Crippen LogP contribution in [0.15, 0.2) is 60.7 Å². The van der Waals surface area contributed by atoms with Gasteiger partial charge in [-0.1, -0.05) is 60.7 Å². The Morgan fingerprint density at radius 2 is 1.35 bits per heavy atom. The van der Waals surface area contributed by atoms with Crippen molar-refractivity contribution in [3.8, 4) is 21.8 Å². The first-order valence-corrected chi connectivity index (χ1v) is 6.24. The molecule has 0 unspecified atom stereocenters. The van der Waals surface area contributed by atoms with Crippen LogP contribution in [0.1, 0.15) is 0 Å². The molecule has 0 aliphatic rings. The number of nitrogens with zero attached hydrogens (tertiary/aromatic N) is 1. The van der Waals surface area contributed by atoms with Gasteiger partial charge >= 0.3 is 0 Å². The summed E-state index contributed by atoms with van der Waals surface area (Å²) in [6.45, 7) is 0. The topological polar surface area (TPSA) is 12.9 Å². The number of hydrogen-bond donors (Lipinski definition) is 0. The van der Waals surface area contributed by atoms with Crippen LogP contribution < -0.4 is 0 Å². The van der Waals surface area contributed by atoms with Crippen molar-refractivity contribution >= 4 is 11.3 Å². The Morgan fingerprint density at radius 1 is 0.765 bits per heavy atom. The van der Waals surface area contributed by atoms with Crippen LogP contribution in [0.25, 0.3) is 21.8 Å². The third kappa shape index (κ3) is 2.12. The number of rotatable bonds is 2. The van der Waals surface area contributed by atoms with Crippen LogP contribution in [0.4, 0.5) is 0 Å². The predicted molar refractivity (Wildman–Crippen MR) is 71.8 cm³/mol. The molecule has 0 aliphatic carbocycles. The summed E-state index contributed by atoms with van der Waals surface area (Å²) in [5, 5.41) is 4.27. The molecular weight excluding hydrogens is 226 g/mol. The van der Waals surface area contributed by atoms with Gasteiger partial charge in [-0.25, -0.2) is 4.98 Å². The van der Waals surface area contributed by atoms with E-state index >= 15 is 0 Å². The second-order valence-corrected chi connectivity index (χ2v) is 4.50. The van der Waals surface area contributed by atoms with E-state index in [1.54, 1.807) is 11.3 Å². The Hall–Kier alpha value is -1.93. The quantitative estimate of drug-likeness (QED) is 0.647. The van der Waals surface area contributed by atoms with Crippen LogP contribution in [0.5, 0.6) is 0 Å². The molecule has 0 fully saturated rings. The van der Waals surface area contributed by atoms with Crippen molar-refractivity contribution in [1.82, 2.24) is 4.98 Å².